The molecule has 1 unspecified atom stereocenters. The normalized spacial score (nSPS) is 13.8. The van der Waals surface area contributed by atoms with Crippen molar-refractivity contribution in [3.8, 4) is 0 Å². The fourth-order valence-corrected chi connectivity index (χ4v) is 1.77. The highest BCUT2D eigenvalue weighted by Crippen LogP contribution is 2.22. The zero-order chi connectivity index (χ0) is 15.2. The fraction of sp³-hybridized carbons (Fsp3) is 0.600. The molecule has 20 heavy (non-hydrogen) atoms. The Morgan fingerprint density at radius 3 is 2.15 bits per heavy atom. The highest BCUT2D eigenvalue weighted by molar-refractivity contribution is 5.26. The first-order valence-electron chi connectivity index (χ1n) is 6.72. The van der Waals surface area contributed by atoms with Crippen molar-refractivity contribution in [2.24, 2.45) is 0 Å². The number of halogens is 3. The quantitative estimate of drug-likeness (QED) is 0.762. The Kier molecular flexibility index (Phi) is 6.49. The van der Waals surface area contributed by atoms with Gasteiger partial charge in [-0.15, -0.1) is 0 Å². The van der Waals surface area contributed by atoms with Crippen molar-refractivity contribution in [3.63, 3.8) is 0 Å². The van der Waals surface area contributed by atoms with E-state index in [2.05, 4.69) is 13.8 Å². The standard InChI is InChI=1S/C15H21F3O2/c1-11(2)12-4-6-13(7-5-12)14(19)10-20-9-3-8-15(16,17)18/h4-7,11,14,19H,3,8-10H2,1-2H3. The molecule has 5 heteroatoms. The van der Waals surface area contributed by atoms with Crippen LogP contribution in [0.2, 0.25) is 0 Å². The lowest BCUT2D eigenvalue weighted by atomic mass is 10.0. The SMILES string of the molecule is CC(C)c1ccc(C(O)COCCCC(F)(F)F)cc1. The van der Waals surface area contributed by atoms with Crippen LogP contribution in [0.1, 0.15) is 49.8 Å². The lowest BCUT2D eigenvalue weighted by Gasteiger charge is -2.13. The third-order valence-corrected chi connectivity index (χ3v) is 3.01. The molecule has 0 saturated carbocycles. The number of aliphatic hydroxyl groups is 1. The average molecular weight is 290 g/mol. The molecule has 0 fully saturated rings. The second kappa shape index (κ2) is 7.64. The Bertz CT molecular complexity index is 385. The van der Waals surface area contributed by atoms with Crippen LogP contribution in [-0.4, -0.2) is 24.5 Å². The molecule has 0 amide bonds. The van der Waals surface area contributed by atoms with E-state index < -0.39 is 18.7 Å². The smallest absolute Gasteiger partial charge is 0.386 e. The van der Waals surface area contributed by atoms with E-state index in [9.17, 15) is 18.3 Å². The average Bonchev–Trinajstić information content (AvgIpc) is 2.37. The van der Waals surface area contributed by atoms with Crippen LogP contribution in [0.15, 0.2) is 24.3 Å². The van der Waals surface area contributed by atoms with E-state index in [-0.39, 0.29) is 19.6 Å². The Morgan fingerprint density at radius 1 is 1.10 bits per heavy atom. The molecule has 0 radical (unpaired) electrons. The minimum atomic E-state index is -4.14. The summed E-state index contributed by atoms with van der Waals surface area (Å²) in [6.45, 7) is 4.17. The summed E-state index contributed by atoms with van der Waals surface area (Å²) in [5, 5.41) is 9.86. The van der Waals surface area contributed by atoms with Gasteiger partial charge in [0.15, 0.2) is 0 Å². The fourth-order valence-electron chi connectivity index (χ4n) is 1.77. The minimum absolute atomic E-state index is 0.000643. The molecule has 2 nitrogen and oxygen atoms in total. The van der Waals surface area contributed by atoms with Gasteiger partial charge in [-0.3, -0.25) is 0 Å². The first-order chi connectivity index (χ1) is 9.29. The van der Waals surface area contributed by atoms with Gasteiger partial charge in [-0.25, -0.2) is 0 Å². The Morgan fingerprint density at radius 2 is 1.65 bits per heavy atom. The van der Waals surface area contributed by atoms with Crippen LogP contribution in [0, 0.1) is 0 Å². The van der Waals surface area contributed by atoms with Crippen molar-refractivity contribution < 1.29 is 23.0 Å². The van der Waals surface area contributed by atoms with E-state index >= 15 is 0 Å². The molecule has 1 N–H and O–H groups in total. The number of hydrogen-bond acceptors (Lipinski definition) is 2. The molecule has 0 aromatic heterocycles. The maximum atomic E-state index is 11.9. The predicted octanol–water partition coefficient (Wildman–Crippen LogP) is 4.20. The van der Waals surface area contributed by atoms with Crippen LogP contribution in [0.3, 0.4) is 0 Å². The molecule has 0 aliphatic rings. The molecular formula is C15H21F3O2. The van der Waals surface area contributed by atoms with Gasteiger partial charge < -0.3 is 9.84 Å². The van der Waals surface area contributed by atoms with E-state index in [1.165, 1.54) is 5.56 Å². The third kappa shape index (κ3) is 6.39. The van der Waals surface area contributed by atoms with Gasteiger partial charge in [0.1, 0.15) is 6.10 Å². The highest BCUT2D eigenvalue weighted by atomic mass is 19.4. The van der Waals surface area contributed by atoms with Crippen LogP contribution in [0.5, 0.6) is 0 Å². The van der Waals surface area contributed by atoms with E-state index in [4.69, 9.17) is 4.74 Å². The summed E-state index contributed by atoms with van der Waals surface area (Å²) < 4.78 is 40.8. The number of hydrogen-bond donors (Lipinski definition) is 1. The zero-order valence-corrected chi connectivity index (χ0v) is 11.8. The van der Waals surface area contributed by atoms with E-state index in [1.54, 1.807) is 0 Å². The molecule has 0 spiro atoms. The summed E-state index contributed by atoms with van der Waals surface area (Å²) in [7, 11) is 0. The second-order valence-corrected chi connectivity index (χ2v) is 5.13. The Labute approximate surface area is 117 Å². The molecule has 114 valence electrons. The number of alkyl halides is 3. The molecule has 1 aromatic rings. The van der Waals surface area contributed by atoms with Crippen LogP contribution in [0.4, 0.5) is 13.2 Å². The number of benzene rings is 1. The van der Waals surface area contributed by atoms with Gasteiger partial charge in [0, 0.05) is 13.0 Å². The van der Waals surface area contributed by atoms with Crippen molar-refractivity contribution >= 4 is 0 Å². The monoisotopic (exact) mass is 290 g/mol. The van der Waals surface area contributed by atoms with E-state index in [0.29, 0.717) is 11.5 Å². The van der Waals surface area contributed by atoms with Crippen LogP contribution < -0.4 is 0 Å². The van der Waals surface area contributed by atoms with Gasteiger partial charge in [0.2, 0.25) is 0 Å². The predicted molar refractivity (Wildman–Crippen MR) is 71.6 cm³/mol. The Hall–Kier alpha value is -1.07. The largest absolute Gasteiger partial charge is 0.389 e. The van der Waals surface area contributed by atoms with Crippen LogP contribution >= 0.6 is 0 Å². The molecule has 0 aliphatic carbocycles. The molecule has 1 atom stereocenters. The van der Waals surface area contributed by atoms with Crippen molar-refractivity contribution in [2.75, 3.05) is 13.2 Å². The van der Waals surface area contributed by atoms with Gasteiger partial charge in [0.05, 0.1) is 6.61 Å². The lowest BCUT2D eigenvalue weighted by Crippen LogP contribution is -2.11. The molecule has 1 rings (SSSR count). The molecule has 1 aromatic carbocycles. The summed E-state index contributed by atoms with van der Waals surface area (Å²) >= 11 is 0. The van der Waals surface area contributed by atoms with Gasteiger partial charge in [-0.1, -0.05) is 38.1 Å². The third-order valence-electron chi connectivity index (χ3n) is 3.01. The van der Waals surface area contributed by atoms with Crippen LogP contribution in [0.25, 0.3) is 0 Å². The van der Waals surface area contributed by atoms with Crippen molar-refractivity contribution in [2.45, 2.75) is 44.9 Å². The van der Waals surface area contributed by atoms with Gasteiger partial charge in [-0.2, -0.15) is 13.2 Å². The van der Waals surface area contributed by atoms with Crippen molar-refractivity contribution in [3.05, 3.63) is 35.4 Å². The van der Waals surface area contributed by atoms with Gasteiger partial charge >= 0.3 is 6.18 Å². The van der Waals surface area contributed by atoms with Gasteiger partial charge in [-0.05, 0) is 23.5 Å². The summed E-state index contributed by atoms with van der Waals surface area (Å²) in [6.07, 6.45) is -5.88. The maximum Gasteiger partial charge on any atom is 0.389 e. The summed E-state index contributed by atoms with van der Waals surface area (Å²) in [4.78, 5) is 0. The number of ether oxygens (including phenoxy) is 1. The van der Waals surface area contributed by atoms with Crippen LogP contribution in [-0.2, 0) is 4.74 Å². The zero-order valence-electron chi connectivity index (χ0n) is 11.8. The van der Waals surface area contributed by atoms with Crippen molar-refractivity contribution in [1.29, 1.82) is 0 Å². The molecule has 0 bridgehead atoms. The summed E-state index contributed by atoms with van der Waals surface area (Å²) in [5.74, 6) is 0.416. The summed E-state index contributed by atoms with van der Waals surface area (Å²) in [6, 6.07) is 7.51. The van der Waals surface area contributed by atoms with E-state index in [0.717, 1.165) is 0 Å². The highest BCUT2D eigenvalue weighted by Gasteiger charge is 2.25. The maximum absolute atomic E-state index is 11.9. The topological polar surface area (TPSA) is 29.5 Å². The van der Waals surface area contributed by atoms with Crippen molar-refractivity contribution in [1.82, 2.24) is 0 Å². The van der Waals surface area contributed by atoms with Gasteiger partial charge in [0.25, 0.3) is 0 Å². The molecule has 0 saturated heterocycles. The summed E-state index contributed by atoms with van der Waals surface area (Å²) in [5.41, 5.74) is 1.89. The molecular weight excluding hydrogens is 269 g/mol. The first-order valence-corrected chi connectivity index (χ1v) is 6.72. The Balaban J connectivity index is 2.30. The molecule has 0 aliphatic heterocycles. The lowest BCUT2D eigenvalue weighted by molar-refractivity contribution is -0.138. The second-order valence-electron chi connectivity index (χ2n) is 5.13. The minimum Gasteiger partial charge on any atom is -0.386 e. The van der Waals surface area contributed by atoms with E-state index in [1.807, 2.05) is 24.3 Å². The number of aliphatic hydroxyl groups excluding tert-OH is 1. The number of rotatable bonds is 7. The molecule has 0 heterocycles. The first kappa shape index (κ1) is 17.0.